The van der Waals surface area contributed by atoms with Crippen molar-refractivity contribution < 1.29 is 9.59 Å². The number of amides is 2. The van der Waals surface area contributed by atoms with Gasteiger partial charge in [0.05, 0.1) is 24.0 Å². The van der Waals surface area contributed by atoms with Crippen molar-refractivity contribution in [2.24, 2.45) is 0 Å². The van der Waals surface area contributed by atoms with Crippen molar-refractivity contribution in [1.29, 1.82) is 0 Å². The number of pyridine rings is 1. The molecule has 1 aliphatic rings. The van der Waals surface area contributed by atoms with Gasteiger partial charge >= 0.3 is 0 Å². The maximum absolute atomic E-state index is 13.0. The molecule has 27 heavy (non-hydrogen) atoms. The van der Waals surface area contributed by atoms with Gasteiger partial charge in [0.25, 0.3) is 5.91 Å². The molecule has 8 heteroatoms. The monoisotopic (exact) mass is 372 g/mol. The molecule has 1 N–H and O–H groups in total. The standard InChI is InChI=1S/C19H28N6O2/c1-5-20-17(26)12-23-6-8-24(9-7-23)19(27)16-10-15-11-21-25(13(2)3)18(15)22-14(16)4/h10-11,13H,5-9,12H2,1-4H3,(H,20,26). The van der Waals surface area contributed by atoms with Crippen LogP contribution < -0.4 is 5.32 Å². The number of nitrogens with zero attached hydrogens (tertiary/aromatic N) is 5. The summed E-state index contributed by atoms with van der Waals surface area (Å²) in [4.78, 5) is 33.3. The molecule has 0 aromatic carbocycles. The van der Waals surface area contributed by atoms with Crippen molar-refractivity contribution in [1.82, 2.24) is 29.9 Å². The summed E-state index contributed by atoms with van der Waals surface area (Å²) in [5, 5.41) is 8.08. The predicted molar refractivity (Wildman–Crippen MR) is 104 cm³/mol. The second-order valence-corrected chi connectivity index (χ2v) is 7.24. The van der Waals surface area contributed by atoms with Gasteiger partial charge in [-0.2, -0.15) is 5.10 Å². The molecule has 8 nitrogen and oxygen atoms in total. The van der Waals surface area contributed by atoms with Crippen molar-refractivity contribution in [3.8, 4) is 0 Å². The van der Waals surface area contributed by atoms with Crippen LogP contribution in [0.15, 0.2) is 12.3 Å². The van der Waals surface area contributed by atoms with E-state index < -0.39 is 0 Å². The van der Waals surface area contributed by atoms with Crippen LogP contribution in [0.1, 0.15) is 42.9 Å². The lowest BCUT2D eigenvalue weighted by Gasteiger charge is -2.34. The molecule has 0 spiro atoms. The summed E-state index contributed by atoms with van der Waals surface area (Å²) in [6.45, 7) is 11.5. The van der Waals surface area contributed by atoms with Gasteiger partial charge in [-0.05, 0) is 33.8 Å². The van der Waals surface area contributed by atoms with Crippen molar-refractivity contribution >= 4 is 22.8 Å². The summed E-state index contributed by atoms with van der Waals surface area (Å²) in [6, 6.07) is 2.11. The topological polar surface area (TPSA) is 83.4 Å². The summed E-state index contributed by atoms with van der Waals surface area (Å²) >= 11 is 0. The first-order valence-electron chi connectivity index (χ1n) is 9.54. The minimum atomic E-state index is -0.00291. The highest BCUT2D eigenvalue weighted by molar-refractivity contribution is 5.98. The quantitative estimate of drug-likeness (QED) is 0.853. The summed E-state index contributed by atoms with van der Waals surface area (Å²) in [5.41, 5.74) is 2.16. The van der Waals surface area contributed by atoms with E-state index in [-0.39, 0.29) is 17.9 Å². The molecule has 0 bridgehead atoms. The Hall–Kier alpha value is -2.48. The third kappa shape index (κ3) is 4.10. The Kier molecular flexibility index (Phi) is 5.74. The van der Waals surface area contributed by atoms with E-state index in [1.807, 2.05) is 29.5 Å². The Bertz CT molecular complexity index is 836. The van der Waals surface area contributed by atoms with Crippen LogP contribution in [0, 0.1) is 6.92 Å². The number of rotatable bonds is 5. The summed E-state index contributed by atoms with van der Waals surface area (Å²) in [7, 11) is 0. The van der Waals surface area contributed by atoms with Gasteiger partial charge in [0, 0.05) is 44.2 Å². The number of hydrogen-bond donors (Lipinski definition) is 1. The van der Waals surface area contributed by atoms with Crippen LogP contribution in [0.25, 0.3) is 11.0 Å². The van der Waals surface area contributed by atoms with Crippen LogP contribution in [-0.4, -0.2) is 75.6 Å². The number of hydrogen-bond acceptors (Lipinski definition) is 5. The van der Waals surface area contributed by atoms with E-state index in [1.165, 1.54) is 0 Å². The summed E-state index contributed by atoms with van der Waals surface area (Å²) < 4.78 is 1.87. The molecule has 1 saturated heterocycles. The molecule has 0 radical (unpaired) electrons. The Morgan fingerprint density at radius 1 is 1.22 bits per heavy atom. The van der Waals surface area contributed by atoms with Gasteiger partial charge in [-0.1, -0.05) is 0 Å². The number of fused-ring (bicyclic) bond motifs is 1. The fourth-order valence-corrected chi connectivity index (χ4v) is 3.40. The zero-order chi connectivity index (χ0) is 19.6. The van der Waals surface area contributed by atoms with E-state index in [2.05, 4.69) is 34.1 Å². The smallest absolute Gasteiger partial charge is 0.255 e. The summed E-state index contributed by atoms with van der Waals surface area (Å²) in [5.74, 6) is 0.0294. The largest absolute Gasteiger partial charge is 0.355 e. The molecule has 1 fully saturated rings. The third-order valence-electron chi connectivity index (χ3n) is 4.88. The first kappa shape index (κ1) is 19.3. The SMILES string of the molecule is CCNC(=O)CN1CCN(C(=O)c2cc3cnn(C(C)C)c3nc2C)CC1. The second-order valence-electron chi connectivity index (χ2n) is 7.24. The van der Waals surface area contributed by atoms with Crippen LogP contribution in [0.4, 0.5) is 0 Å². The first-order chi connectivity index (χ1) is 12.9. The highest BCUT2D eigenvalue weighted by atomic mass is 16.2. The molecule has 2 aromatic rings. The highest BCUT2D eigenvalue weighted by Gasteiger charge is 2.25. The number of likely N-dealkylation sites (N-methyl/N-ethyl adjacent to an activating group) is 1. The molecule has 3 heterocycles. The first-order valence-corrected chi connectivity index (χ1v) is 9.54. The maximum Gasteiger partial charge on any atom is 0.255 e. The Morgan fingerprint density at radius 2 is 1.93 bits per heavy atom. The number of piperazine rings is 1. The van der Waals surface area contributed by atoms with E-state index in [1.54, 1.807) is 6.20 Å². The van der Waals surface area contributed by atoms with E-state index in [4.69, 9.17) is 0 Å². The summed E-state index contributed by atoms with van der Waals surface area (Å²) in [6.07, 6.45) is 1.77. The molecule has 0 saturated carbocycles. The van der Waals surface area contributed by atoms with Gasteiger partial charge in [0.2, 0.25) is 5.91 Å². The molecule has 2 aromatic heterocycles. The van der Waals surface area contributed by atoms with E-state index in [0.717, 1.165) is 16.7 Å². The Morgan fingerprint density at radius 3 is 2.56 bits per heavy atom. The van der Waals surface area contributed by atoms with E-state index >= 15 is 0 Å². The van der Waals surface area contributed by atoms with Crippen LogP contribution in [0.5, 0.6) is 0 Å². The zero-order valence-corrected chi connectivity index (χ0v) is 16.5. The number of aryl methyl sites for hydroxylation is 1. The minimum Gasteiger partial charge on any atom is -0.355 e. The normalized spacial score (nSPS) is 15.5. The van der Waals surface area contributed by atoms with Gasteiger partial charge < -0.3 is 10.2 Å². The molecule has 0 aliphatic carbocycles. The molecule has 1 aliphatic heterocycles. The minimum absolute atomic E-state index is 0.00291. The fraction of sp³-hybridized carbons (Fsp3) is 0.579. The Labute approximate surface area is 159 Å². The van der Waals surface area contributed by atoms with Gasteiger partial charge in [-0.25, -0.2) is 9.67 Å². The van der Waals surface area contributed by atoms with Gasteiger partial charge in [0.15, 0.2) is 5.65 Å². The van der Waals surface area contributed by atoms with Gasteiger partial charge in [-0.15, -0.1) is 0 Å². The Balaban J connectivity index is 1.70. The molecule has 0 atom stereocenters. The molecule has 2 amide bonds. The fourth-order valence-electron chi connectivity index (χ4n) is 3.40. The lowest BCUT2D eigenvalue weighted by Crippen LogP contribution is -2.51. The predicted octanol–water partition coefficient (Wildman–Crippen LogP) is 1.21. The maximum atomic E-state index is 13.0. The molecule has 0 unspecified atom stereocenters. The molecular weight excluding hydrogens is 344 g/mol. The van der Waals surface area contributed by atoms with Crippen LogP contribution in [0.3, 0.4) is 0 Å². The van der Waals surface area contributed by atoms with Crippen LogP contribution >= 0.6 is 0 Å². The van der Waals surface area contributed by atoms with E-state index in [0.29, 0.717) is 44.8 Å². The number of nitrogens with one attached hydrogen (secondary N) is 1. The van der Waals surface area contributed by atoms with E-state index in [9.17, 15) is 9.59 Å². The molecule has 146 valence electrons. The number of carbonyl (C=O) groups excluding carboxylic acids is 2. The van der Waals surface area contributed by atoms with Gasteiger partial charge in [-0.3, -0.25) is 14.5 Å². The lowest BCUT2D eigenvalue weighted by atomic mass is 10.1. The van der Waals surface area contributed by atoms with Crippen molar-refractivity contribution in [3.63, 3.8) is 0 Å². The number of carbonyl (C=O) groups is 2. The highest BCUT2D eigenvalue weighted by Crippen LogP contribution is 2.20. The lowest BCUT2D eigenvalue weighted by molar-refractivity contribution is -0.122. The van der Waals surface area contributed by atoms with Gasteiger partial charge in [0.1, 0.15) is 0 Å². The van der Waals surface area contributed by atoms with Crippen molar-refractivity contribution in [2.75, 3.05) is 39.3 Å². The molecule has 3 rings (SSSR count). The number of aromatic nitrogens is 3. The van der Waals surface area contributed by atoms with Crippen molar-refractivity contribution in [2.45, 2.75) is 33.7 Å². The third-order valence-corrected chi connectivity index (χ3v) is 4.88. The van der Waals surface area contributed by atoms with Crippen LogP contribution in [-0.2, 0) is 4.79 Å². The average molecular weight is 372 g/mol. The second kappa shape index (κ2) is 8.04. The molecular formula is C19H28N6O2. The average Bonchev–Trinajstić information content (AvgIpc) is 3.04. The van der Waals surface area contributed by atoms with Crippen molar-refractivity contribution in [3.05, 3.63) is 23.5 Å². The zero-order valence-electron chi connectivity index (χ0n) is 16.5. The van der Waals surface area contributed by atoms with Crippen LogP contribution in [0.2, 0.25) is 0 Å².